The largest absolute Gasteiger partial charge is 0.487 e. The van der Waals surface area contributed by atoms with Crippen molar-refractivity contribution in [3.63, 3.8) is 0 Å². The second kappa shape index (κ2) is 8.42. The molecule has 1 N–H and O–H groups in total. The molecule has 0 bridgehead atoms. The van der Waals surface area contributed by atoms with Crippen LogP contribution in [0.15, 0.2) is 47.1 Å². The molecule has 1 aromatic heterocycles. The number of rotatable bonds is 8. The van der Waals surface area contributed by atoms with E-state index in [4.69, 9.17) is 4.74 Å². The van der Waals surface area contributed by atoms with E-state index in [1.807, 2.05) is 36.4 Å². The Morgan fingerprint density at radius 1 is 1.26 bits per heavy atom. The van der Waals surface area contributed by atoms with Crippen LogP contribution < -0.4 is 10.1 Å². The van der Waals surface area contributed by atoms with Crippen LogP contribution in [0, 0.1) is 0 Å². The molecular weight excluding hydrogens is 380 g/mol. The standard InChI is InChI=1S/C16H19BrN2O3S/c1-23(20,21)9-8-18-11-13-10-14(17)5-6-16(13)22-12-15-4-2-3-7-19-15/h2-7,10,18H,8-9,11-12H2,1H3. The van der Waals surface area contributed by atoms with Gasteiger partial charge in [-0.05, 0) is 30.3 Å². The molecule has 1 aromatic carbocycles. The van der Waals surface area contributed by atoms with Crippen LogP contribution in [0.3, 0.4) is 0 Å². The van der Waals surface area contributed by atoms with Gasteiger partial charge in [0, 0.05) is 35.6 Å². The summed E-state index contributed by atoms with van der Waals surface area (Å²) >= 11 is 3.44. The third-order valence-corrected chi connectivity index (χ3v) is 4.53. The molecular formula is C16H19BrN2O3S. The summed E-state index contributed by atoms with van der Waals surface area (Å²) in [6.45, 7) is 1.33. The molecule has 0 saturated carbocycles. The molecule has 0 radical (unpaired) electrons. The van der Waals surface area contributed by atoms with E-state index >= 15 is 0 Å². The Morgan fingerprint density at radius 3 is 2.78 bits per heavy atom. The molecule has 0 aliphatic carbocycles. The molecule has 7 heteroatoms. The molecule has 2 rings (SSSR count). The molecule has 2 aromatic rings. The van der Waals surface area contributed by atoms with Gasteiger partial charge in [-0.2, -0.15) is 0 Å². The van der Waals surface area contributed by atoms with Gasteiger partial charge in [-0.1, -0.05) is 22.0 Å². The summed E-state index contributed by atoms with van der Waals surface area (Å²) in [4.78, 5) is 4.23. The molecule has 0 fully saturated rings. The highest BCUT2D eigenvalue weighted by Crippen LogP contribution is 2.24. The summed E-state index contributed by atoms with van der Waals surface area (Å²) in [5.41, 5.74) is 1.82. The number of hydrogen-bond donors (Lipinski definition) is 1. The first-order valence-electron chi connectivity index (χ1n) is 7.13. The summed E-state index contributed by atoms with van der Waals surface area (Å²) in [5.74, 6) is 0.871. The number of pyridine rings is 1. The van der Waals surface area contributed by atoms with Gasteiger partial charge in [-0.25, -0.2) is 8.42 Å². The third-order valence-electron chi connectivity index (χ3n) is 3.09. The Hall–Kier alpha value is -1.44. The van der Waals surface area contributed by atoms with Crippen LogP contribution in [0.25, 0.3) is 0 Å². The van der Waals surface area contributed by atoms with E-state index in [1.165, 1.54) is 6.26 Å². The fraction of sp³-hybridized carbons (Fsp3) is 0.312. The number of nitrogens with zero attached hydrogens (tertiary/aromatic N) is 1. The van der Waals surface area contributed by atoms with Crippen LogP contribution in [-0.4, -0.2) is 32.0 Å². The van der Waals surface area contributed by atoms with Gasteiger partial charge in [-0.3, -0.25) is 4.98 Å². The van der Waals surface area contributed by atoms with E-state index in [1.54, 1.807) is 6.20 Å². The van der Waals surface area contributed by atoms with Gasteiger partial charge in [0.15, 0.2) is 0 Å². The maximum Gasteiger partial charge on any atom is 0.148 e. The minimum absolute atomic E-state index is 0.116. The normalized spacial score (nSPS) is 11.4. The van der Waals surface area contributed by atoms with Crippen molar-refractivity contribution < 1.29 is 13.2 Å². The highest BCUT2D eigenvalue weighted by molar-refractivity contribution is 9.10. The average molecular weight is 399 g/mol. The lowest BCUT2D eigenvalue weighted by Crippen LogP contribution is -2.22. The molecule has 0 atom stereocenters. The lowest BCUT2D eigenvalue weighted by atomic mass is 10.2. The molecule has 1 heterocycles. The van der Waals surface area contributed by atoms with E-state index in [0.29, 0.717) is 19.7 Å². The van der Waals surface area contributed by atoms with Crippen molar-refractivity contribution in [1.82, 2.24) is 10.3 Å². The monoisotopic (exact) mass is 398 g/mol. The summed E-state index contributed by atoms with van der Waals surface area (Å²) in [6.07, 6.45) is 2.96. The maximum absolute atomic E-state index is 11.1. The fourth-order valence-corrected chi connectivity index (χ4v) is 2.87. The van der Waals surface area contributed by atoms with Crippen LogP contribution in [-0.2, 0) is 23.0 Å². The zero-order valence-corrected chi connectivity index (χ0v) is 15.2. The summed E-state index contributed by atoms with van der Waals surface area (Å²) in [5, 5.41) is 3.13. The first-order chi connectivity index (χ1) is 10.9. The van der Waals surface area contributed by atoms with E-state index < -0.39 is 9.84 Å². The fourth-order valence-electron chi connectivity index (χ4n) is 1.94. The minimum atomic E-state index is -2.95. The van der Waals surface area contributed by atoms with Crippen molar-refractivity contribution in [3.8, 4) is 5.75 Å². The molecule has 0 spiro atoms. The number of ether oxygens (including phenoxy) is 1. The van der Waals surface area contributed by atoms with Crippen molar-refractivity contribution in [2.75, 3.05) is 18.6 Å². The highest BCUT2D eigenvalue weighted by Gasteiger charge is 2.07. The predicted octanol–water partition coefficient (Wildman–Crippen LogP) is 2.56. The number of halogens is 1. The van der Waals surface area contributed by atoms with Crippen LogP contribution in [0.4, 0.5) is 0 Å². The Labute approximate surface area is 145 Å². The topological polar surface area (TPSA) is 68.3 Å². The van der Waals surface area contributed by atoms with Gasteiger partial charge >= 0.3 is 0 Å². The lowest BCUT2D eigenvalue weighted by molar-refractivity contribution is 0.297. The first-order valence-corrected chi connectivity index (χ1v) is 9.99. The molecule has 0 unspecified atom stereocenters. The second-order valence-electron chi connectivity index (χ2n) is 5.17. The maximum atomic E-state index is 11.1. The number of aromatic nitrogens is 1. The van der Waals surface area contributed by atoms with Crippen LogP contribution in [0.1, 0.15) is 11.3 Å². The van der Waals surface area contributed by atoms with Crippen molar-refractivity contribution >= 4 is 25.8 Å². The Bertz CT molecular complexity index is 736. The molecule has 0 aliphatic heterocycles. The molecule has 124 valence electrons. The van der Waals surface area contributed by atoms with E-state index in [9.17, 15) is 8.42 Å². The van der Waals surface area contributed by atoms with Crippen molar-refractivity contribution in [1.29, 1.82) is 0 Å². The predicted molar refractivity (Wildman–Crippen MR) is 94.1 cm³/mol. The third kappa shape index (κ3) is 6.68. The molecule has 0 aliphatic rings. The van der Waals surface area contributed by atoms with E-state index in [2.05, 4.69) is 26.2 Å². The molecule has 0 saturated heterocycles. The summed E-state index contributed by atoms with van der Waals surface area (Å²) in [6, 6.07) is 11.4. The van der Waals surface area contributed by atoms with Gasteiger partial charge in [0.2, 0.25) is 0 Å². The summed E-state index contributed by atoms with van der Waals surface area (Å²) in [7, 11) is -2.95. The van der Waals surface area contributed by atoms with Gasteiger partial charge in [0.05, 0.1) is 11.4 Å². The van der Waals surface area contributed by atoms with Gasteiger partial charge < -0.3 is 10.1 Å². The SMILES string of the molecule is CS(=O)(=O)CCNCc1cc(Br)ccc1OCc1ccccn1. The zero-order valence-electron chi connectivity index (χ0n) is 12.8. The minimum Gasteiger partial charge on any atom is -0.487 e. The highest BCUT2D eigenvalue weighted by atomic mass is 79.9. The number of nitrogens with one attached hydrogen (secondary N) is 1. The number of benzene rings is 1. The Kier molecular flexibility index (Phi) is 6.56. The van der Waals surface area contributed by atoms with Gasteiger partial charge in [-0.15, -0.1) is 0 Å². The van der Waals surface area contributed by atoms with Crippen molar-refractivity contribution in [2.24, 2.45) is 0 Å². The van der Waals surface area contributed by atoms with Gasteiger partial charge in [0.25, 0.3) is 0 Å². The van der Waals surface area contributed by atoms with E-state index in [-0.39, 0.29) is 5.75 Å². The molecule has 23 heavy (non-hydrogen) atoms. The van der Waals surface area contributed by atoms with Gasteiger partial charge in [0.1, 0.15) is 22.2 Å². The lowest BCUT2D eigenvalue weighted by Gasteiger charge is -2.12. The number of sulfone groups is 1. The van der Waals surface area contributed by atoms with Crippen LogP contribution in [0.5, 0.6) is 5.75 Å². The summed E-state index contributed by atoms with van der Waals surface area (Å²) < 4.78 is 29.1. The van der Waals surface area contributed by atoms with Crippen molar-refractivity contribution in [2.45, 2.75) is 13.2 Å². The Morgan fingerprint density at radius 2 is 2.09 bits per heavy atom. The molecule has 5 nitrogen and oxygen atoms in total. The number of hydrogen-bond acceptors (Lipinski definition) is 5. The first kappa shape index (κ1) is 17.9. The second-order valence-corrected chi connectivity index (χ2v) is 8.34. The smallest absolute Gasteiger partial charge is 0.148 e. The Balaban J connectivity index is 1.96. The van der Waals surface area contributed by atoms with Crippen LogP contribution >= 0.6 is 15.9 Å². The average Bonchev–Trinajstić information content (AvgIpc) is 2.51. The van der Waals surface area contributed by atoms with Crippen LogP contribution in [0.2, 0.25) is 0 Å². The molecule has 0 amide bonds. The van der Waals surface area contributed by atoms with Crippen molar-refractivity contribution in [3.05, 3.63) is 58.3 Å². The quantitative estimate of drug-likeness (QED) is 0.691. The van der Waals surface area contributed by atoms with E-state index in [0.717, 1.165) is 21.5 Å². The zero-order chi connectivity index (χ0) is 16.7.